The van der Waals surface area contributed by atoms with E-state index in [2.05, 4.69) is 10.6 Å². The van der Waals surface area contributed by atoms with E-state index < -0.39 is 17.9 Å². The standard InChI is InChI=1S/C14H16N2O4/c1-3-20-14(19)11-8(2)15-12(13(18)16-11)9-6-4-5-7-10(9)17/h4-7,12,15,17H,3H2,1-2H3,(H,16,18). The minimum atomic E-state index is -0.741. The van der Waals surface area contributed by atoms with Crippen LogP contribution >= 0.6 is 0 Å². The van der Waals surface area contributed by atoms with Gasteiger partial charge in [0.15, 0.2) is 0 Å². The fraction of sp³-hybridized carbons (Fsp3) is 0.286. The summed E-state index contributed by atoms with van der Waals surface area (Å²) in [5, 5.41) is 15.2. The molecule has 0 spiro atoms. The van der Waals surface area contributed by atoms with E-state index in [9.17, 15) is 14.7 Å². The van der Waals surface area contributed by atoms with Gasteiger partial charge in [-0.15, -0.1) is 0 Å². The normalized spacial score (nSPS) is 18.3. The molecule has 0 radical (unpaired) electrons. The molecule has 2 rings (SSSR count). The summed E-state index contributed by atoms with van der Waals surface area (Å²) in [5.74, 6) is -0.978. The van der Waals surface area contributed by atoms with E-state index in [1.165, 1.54) is 6.07 Å². The van der Waals surface area contributed by atoms with Crippen LogP contribution in [-0.2, 0) is 14.3 Å². The van der Waals surface area contributed by atoms with Crippen molar-refractivity contribution in [3.63, 3.8) is 0 Å². The number of hydrogen-bond donors (Lipinski definition) is 3. The van der Waals surface area contributed by atoms with E-state index in [1.807, 2.05) is 0 Å². The summed E-state index contributed by atoms with van der Waals surface area (Å²) < 4.78 is 4.86. The quantitative estimate of drug-likeness (QED) is 0.715. The van der Waals surface area contributed by atoms with Gasteiger partial charge in [-0.2, -0.15) is 0 Å². The maximum Gasteiger partial charge on any atom is 0.356 e. The third-order valence-corrected chi connectivity index (χ3v) is 2.97. The molecular weight excluding hydrogens is 260 g/mol. The van der Waals surface area contributed by atoms with E-state index >= 15 is 0 Å². The lowest BCUT2D eigenvalue weighted by Crippen LogP contribution is -2.45. The first-order valence-corrected chi connectivity index (χ1v) is 6.28. The molecule has 0 saturated carbocycles. The number of phenolic OH excluding ortho intramolecular Hbond substituents is 1. The molecule has 0 fully saturated rings. The molecule has 1 aliphatic rings. The van der Waals surface area contributed by atoms with Gasteiger partial charge in [-0.25, -0.2) is 4.79 Å². The molecule has 1 aromatic carbocycles. The predicted octanol–water partition coefficient (Wildman–Crippen LogP) is 0.947. The van der Waals surface area contributed by atoms with Gasteiger partial charge >= 0.3 is 5.97 Å². The van der Waals surface area contributed by atoms with Crippen LogP contribution in [0.1, 0.15) is 25.5 Å². The van der Waals surface area contributed by atoms with Gasteiger partial charge < -0.3 is 20.5 Å². The van der Waals surface area contributed by atoms with E-state index in [0.717, 1.165) is 0 Å². The van der Waals surface area contributed by atoms with Crippen molar-refractivity contribution in [1.82, 2.24) is 10.6 Å². The number of amides is 1. The van der Waals surface area contributed by atoms with Crippen LogP contribution in [-0.4, -0.2) is 23.6 Å². The van der Waals surface area contributed by atoms with Crippen LogP contribution < -0.4 is 10.6 Å². The Labute approximate surface area is 116 Å². The third kappa shape index (κ3) is 2.59. The fourth-order valence-electron chi connectivity index (χ4n) is 2.00. The van der Waals surface area contributed by atoms with Crippen molar-refractivity contribution in [2.45, 2.75) is 19.9 Å². The van der Waals surface area contributed by atoms with Crippen LogP contribution in [0.2, 0.25) is 0 Å². The Morgan fingerprint density at radius 3 is 2.75 bits per heavy atom. The average Bonchev–Trinajstić information content (AvgIpc) is 2.42. The molecule has 1 heterocycles. The Kier molecular flexibility index (Phi) is 3.93. The molecule has 106 valence electrons. The number of carbonyl (C=O) groups is 2. The van der Waals surface area contributed by atoms with Gasteiger partial charge in [0, 0.05) is 11.3 Å². The van der Waals surface area contributed by atoms with E-state index in [0.29, 0.717) is 11.3 Å². The molecule has 20 heavy (non-hydrogen) atoms. The van der Waals surface area contributed by atoms with Gasteiger partial charge in [0.1, 0.15) is 17.5 Å². The maximum atomic E-state index is 12.1. The van der Waals surface area contributed by atoms with Crippen LogP contribution in [0.5, 0.6) is 5.75 Å². The van der Waals surface area contributed by atoms with Gasteiger partial charge in [-0.05, 0) is 19.9 Å². The van der Waals surface area contributed by atoms with Crippen molar-refractivity contribution in [2.24, 2.45) is 0 Å². The van der Waals surface area contributed by atoms with Gasteiger partial charge in [0.05, 0.1) is 6.61 Å². The number of allylic oxidation sites excluding steroid dienone is 1. The Morgan fingerprint density at radius 2 is 2.10 bits per heavy atom. The molecule has 0 aliphatic carbocycles. The second-order valence-electron chi connectivity index (χ2n) is 4.35. The van der Waals surface area contributed by atoms with Crippen LogP contribution in [0, 0.1) is 0 Å². The van der Waals surface area contributed by atoms with Crippen LogP contribution in [0.15, 0.2) is 35.7 Å². The smallest absolute Gasteiger partial charge is 0.356 e. The number of hydrogen-bond acceptors (Lipinski definition) is 5. The van der Waals surface area contributed by atoms with Crippen molar-refractivity contribution in [2.75, 3.05) is 6.61 Å². The number of phenols is 1. The Hall–Kier alpha value is -2.50. The minimum absolute atomic E-state index is 0.0209. The van der Waals surface area contributed by atoms with Gasteiger partial charge in [-0.1, -0.05) is 18.2 Å². The lowest BCUT2D eigenvalue weighted by Gasteiger charge is -2.27. The van der Waals surface area contributed by atoms with E-state index in [1.54, 1.807) is 32.0 Å². The summed E-state index contributed by atoms with van der Waals surface area (Å²) in [4.78, 5) is 23.8. The van der Waals surface area contributed by atoms with Crippen LogP contribution in [0.4, 0.5) is 0 Å². The number of benzene rings is 1. The molecule has 1 aliphatic heterocycles. The first kappa shape index (κ1) is 13.9. The van der Waals surface area contributed by atoms with E-state index in [4.69, 9.17) is 4.74 Å². The van der Waals surface area contributed by atoms with Crippen molar-refractivity contribution in [3.05, 3.63) is 41.2 Å². The molecule has 6 nitrogen and oxygen atoms in total. The molecule has 1 atom stereocenters. The molecular formula is C14H16N2O4. The zero-order valence-electron chi connectivity index (χ0n) is 11.3. The number of para-hydroxylation sites is 1. The second kappa shape index (κ2) is 5.64. The van der Waals surface area contributed by atoms with Crippen molar-refractivity contribution < 1.29 is 19.4 Å². The van der Waals surface area contributed by atoms with Gasteiger partial charge in [-0.3, -0.25) is 4.79 Å². The predicted molar refractivity (Wildman–Crippen MR) is 71.5 cm³/mol. The number of aromatic hydroxyl groups is 1. The zero-order chi connectivity index (χ0) is 14.7. The van der Waals surface area contributed by atoms with Crippen LogP contribution in [0.25, 0.3) is 0 Å². The molecule has 0 saturated heterocycles. The summed E-state index contributed by atoms with van der Waals surface area (Å²) in [5.41, 5.74) is 1.05. The number of rotatable bonds is 3. The highest BCUT2D eigenvalue weighted by atomic mass is 16.5. The summed E-state index contributed by atoms with van der Waals surface area (Å²) in [7, 11) is 0. The Balaban J connectivity index is 2.28. The van der Waals surface area contributed by atoms with Crippen molar-refractivity contribution in [3.8, 4) is 5.75 Å². The molecule has 1 unspecified atom stereocenters. The van der Waals surface area contributed by atoms with Crippen LogP contribution in [0.3, 0.4) is 0 Å². The lowest BCUT2D eigenvalue weighted by atomic mass is 10.0. The molecule has 3 N–H and O–H groups in total. The molecule has 1 aromatic rings. The first-order valence-electron chi connectivity index (χ1n) is 6.28. The molecule has 0 bridgehead atoms. The second-order valence-corrected chi connectivity index (χ2v) is 4.35. The maximum absolute atomic E-state index is 12.1. The van der Waals surface area contributed by atoms with Crippen molar-refractivity contribution >= 4 is 11.9 Å². The van der Waals surface area contributed by atoms with Crippen molar-refractivity contribution in [1.29, 1.82) is 0 Å². The highest BCUT2D eigenvalue weighted by molar-refractivity contribution is 5.98. The fourth-order valence-corrected chi connectivity index (χ4v) is 2.00. The molecule has 1 amide bonds. The highest BCUT2D eigenvalue weighted by Crippen LogP contribution is 2.27. The minimum Gasteiger partial charge on any atom is -0.508 e. The average molecular weight is 276 g/mol. The number of carbonyl (C=O) groups excluding carboxylic acids is 2. The Morgan fingerprint density at radius 1 is 1.40 bits per heavy atom. The SMILES string of the molecule is CCOC(=O)C1=C(C)NC(c2ccccc2O)C(=O)N1. The van der Waals surface area contributed by atoms with E-state index in [-0.39, 0.29) is 18.1 Å². The highest BCUT2D eigenvalue weighted by Gasteiger charge is 2.31. The summed E-state index contributed by atoms with van der Waals surface area (Å²) in [6.07, 6.45) is 0. The number of nitrogens with one attached hydrogen (secondary N) is 2. The zero-order valence-corrected chi connectivity index (χ0v) is 11.3. The number of ether oxygens (including phenoxy) is 1. The molecule has 0 aromatic heterocycles. The monoisotopic (exact) mass is 276 g/mol. The summed E-state index contributed by atoms with van der Waals surface area (Å²) >= 11 is 0. The largest absolute Gasteiger partial charge is 0.508 e. The number of esters is 1. The summed E-state index contributed by atoms with van der Waals surface area (Å²) in [6, 6.07) is 5.81. The topological polar surface area (TPSA) is 87.7 Å². The van der Waals surface area contributed by atoms with Gasteiger partial charge in [0.2, 0.25) is 0 Å². The van der Waals surface area contributed by atoms with Gasteiger partial charge in [0.25, 0.3) is 5.91 Å². The lowest BCUT2D eigenvalue weighted by molar-refractivity contribution is -0.140. The first-order chi connectivity index (χ1) is 9.54. The Bertz CT molecular complexity index is 580. The summed E-state index contributed by atoms with van der Waals surface area (Å²) in [6.45, 7) is 3.59. The molecule has 6 heteroatoms. The third-order valence-electron chi connectivity index (χ3n) is 2.97.